The predicted molar refractivity (Wildman–Crippen MR) is 40.5 cm³/mol. The second-order valence-corrected chi connectivity index (χ2v) is 2.80. The Bertz CT molecular complexity index is 241. The molecule has 1 N–H and O–H groups in total. The summed E-state index contributed by atoms with van der Waals surface area (Å²) in [6.07, 6.45) is 1.86. The topological polar surface area (TPSA) is 63.6 Å². The molecule has 12 heavy (non-hydrogen) atoms. The maximum Gasteiger partial charge on any atom is 0.330 e. The molecular formula is C8H10O4. The van der Waals surface area contributed by atoms with E-state index < -0.39 is 5.97 Å². The monoisotopic (exact) mass is 170 g/mol. The highest BCUT2D eigenvalue weighted by molar-refractivity contribution is 5.86. The fourth-order valence-corrected chi connectivity index (χ4v) is 1.06. The van der Waals surface area contributed by atoms with E-state index in [2.05, 4.69) is 4.74 Å². The highest BCUT2D eigenvalue weighted by Crippen LogP contribution is 2.16. The molecule has 0 aliphatic carbocycles. The van der Waals surface area contributed by atoms with Gasteiger partial charge in [0.25, 0.3) is 0 Å². The van der Waals surface area contributed by atoms with Crippen molar-refractivity contribution in [2.75, 3.05) is 6.61 Å². The predicted octanol–water partition coefficient (Wildman–Crippen LogP) is 0.580. The van der Waals surface area contributed by atoms with E-state index >= 15 is 0 Å². The standard InChI is InChI=1S/C8H10O4/c1-5(8(10)11)2-6-3-7(9)12-4-6/h2,6H,3-4H2,1H3,(H,10,11). The minimum Gasteiger partial charge on any atom is -0.478 e. The van der Waals surface area contributed by atoms with Gasteiger partial charge in [0.2, 0.25) is 0 Å². The molecule has 1 atom stereocenters. The highest BCUT2D eigenvalue weighted by atomic mass is 16.5. The Morgan fingerprint density at radius 1 is 1.75 bits per heavy atom. The van der Waals surface area contributed by atoms with Gasteiger partial charge in [-0.2, -0.15) is 0 Å². The summed E-state index contributed by atoms with van der Waals surface area (Å²) in [5.41, 5.74) is 0.262. The second-order valence-electron chi connectivity index (χ2n) is 2.80. The van der Waals surface area contributed by atoms with Gasteiger partial charge < -0.3 is 9.84 Å². The van der Waals surface area contributed by atoms with Crippen molar-refractivity contribution in [1.82, 2.24) is 0 Å². The van der Waals surface area contributed by atoms with E-state index in [1.165, 1.54) is 6.92 Å². The number of cyclic esters (lactones) is 1. The molecule has 1 unspecified atom stereocenters. The molecule has 1 rings (SSSR count). The van der Waals surface area contributed by atoms with Gasteiger partial charge in [-0.3, -0.25) is 4.79 Å². The number of rotatable bonds is 2. The largest absolute Gasteiger partial charge is 0.478 e. The number of aliphatic carboxylic acids is 1. The zero-order chi connectivity index (χ0) is 9.14. The maximum absolute atomic E-state index is 10.6. The molecule has 1 aliphatic heterocycles. The maximum atomic E-state index is 10.6. The zero-order valence-electron chi connectivity index (χ0n) is 6.74. The highest BCUT2D eigenvalue weighted by Gasteiger charge is 2.22. The van der Waals surface area contributed by atoms with Crippen molar-refractivity contribution in [3.8, 4) is 0 Å². The zero-order valence-corrected chi connectivity index (χ0v) is 6.74. The Balaban J connectivity index is 2.56. The van der Waals surface area contributed by atoms with E-state index in [9.17, 15) is 9.59 Å². The molecule has 1 heterocycles. The number of hydrogen-bond acceptors (Lipinski definition) is 3. The Labute approximate surface area is 69.8 Å². The third-order valence-electron chi connectivity index (χ3n) is 1.71. The molecule has 0 saturated carbocycles. The van der Waals surface area contributed by atoms with Gasteiger partial charge in [0, 0.05) is 11.5 Å². The molecule has 4 nitrogen and oxygen atoms in total. The molecule has 0 aromatic heterocycles. The second kappa shape index (κ2) is 3.38. The first kappa shape index (κ1) is 8.77. The van der Waals surface area contributed by atoms with Gasteiger partial charge in [0.05, 0.1) is 13.0 Å². The van der Waals surface area contributed by atoms with Crippen LogP contribution in [0.25, 0.3) is 0 Å². The van der Waals surface area contributed by atoms with Gasteiger partial charge >= 0.3 is 11.9 Å². The summed E-state index contributed by atoms with van der Waals surface area (Å²) in [5, 5.41) is 8.51. The molecular weight excluding hydrogens is 160 g/mol. The third-order valence-corrected chi connectivity index (χ3v) is 1.71. The molecule has 1 saturated heterocycles. The molecule has 0 bridgehead atoms. The van der Waals surface area contributed by atoms with Gasteiger partial charge in [0.1, 0.15) is 0 Å². The average molecular weight is 170 g/mol. The van der Waals surface area contributed by atoms with E-state index in [-0.39, 0.29) is 17.5 Å². The number of carboxylic acid groups (broad SMARTS) is 1. The fourth-order valence-electron chi connectivity index (χ4n) is 1.06. The van der Waals surface area contributed by atoms with Crippen molar-refractivity contribution in [1.29, 1.82) is 0 Å². The lowest BCUT2D eigenvalue weighted by molar-refractivity contribution is -0.138. The van der Waals surface area contributed by atoms with Crippen LogP contribution in [0.4, 0.5) is 0 Å². The summed E-state index contributed by atoms with van der Waals surface area (Å²) in [7, 11) is 0. The summed E-state index contributed by atoms with van der Waals surface area (Å²) in [6.45, 7) is 1.81. The van der Waals surface area contributed by atoms with Crippen molar-refractivity contribution in [2.45, 2.75) is 13.3 Å². The molecule has 1 aliphatic rings. The van der Waals surface area contributed by atoms with Crippen LogP contribution in [-0.4, -0.2) is 23.7 Å². The summed E-state index contributed by atoms with van der Waals surface area (Å²) in [4.78, 5) is 21.0. The number of carbonyl (C=O) groups excluding carboxylic acids is 1. The van der Waals surface area contributed by atoms with E-state index in [1.54, 1.807) is 6.08 Å². The Hall–Kier alpha value is -1.32. The molecule has 4 heteroatoms. The van der Waals surface area contributed by atoms with E-state index in [4.69, 9.17) is 5.11 Å². The number of esters is 1. The first-order valence-corrected chi connectivity index (χ1v) is 3.67. The van der Waals surface area contributed by atoms with Gasteiger partial charge in [-0.25, -0.2) is 4.79 Å². The third kappa shape index (κ3) is 2.08. The summed E-state index contributed by atoms with van der Waals surface area (Å²) in [5.74, 6) is -1.27. The summed E-state index contributed by atoms with van der Waals surface area (Å²) >= 11 is 0. The number of ether oxygens (including phenoxy) is 1. The first-order chi connectivity index (χ1) is 5.59. The van der Waals surface area contributed by atoms with Crippen LogP contribution in [0, 0.1) is 5.92 Å². The Morgan fingerprint density at radius 3 is 2.83 bits per heavy atom. The lowest BCUT2D eigenvalue weighted by Gasteiger charge is -1.98. The van der Waals surface area contributed by atoms with Crippen LogP contribution >= 0.6 is 0 Å². The molecule has 0 aromatic rings. The van der Waals surface area contributed by atoms with Crippen molar-refractivity contribution in [3.05, 3.63) is 11.6 Å². The van der Waals surface area contributed by atoms with E-state index in [1.807, 2.05) is 0 Å². The Morgan fingerprint density at radius 2 is 2.42 bits per heavy atom. The lowest BCUT2D eigenvalue weighted by Crippen LogP contribution is -2.01. The molecule has 0 amide bonds. The van der Waals surface area contributed by atoms with Crippen molar-refractivity contribution in [2.24, 2.45) is 5.92 Å². The molecule has 0 aromatic carbocycles. The summed E-state index contributed by atoms with van der Waals surface area (Å²) < 4.78 is 4.67. The van der Waals surface area contributed by atoms with Gasteiger partial charge in [0.15, 0.2) is 0 Å². The lowest BCUT2D eigenvalue weighted by atomic mass is 10.1. The van der Waals surface area contributed by atoms with Crippen molar-refractivity contribution >= 4 is 11.9 Å². The normalized spacial score (nSPS) is 23.9. The molecule has 0 radical (unpaired) electrons. The van der Waals surface area contributed by atoms with Crippen LogP contribution in [0.2, 0.25) is 0 Å². The SMILES string of the molecule is CC(=CC1COC(=O)C1)C(=O)O. The molecule has 66 valence electrons. The van der Waals surface area contributed by atoms with Gasteiger partial charge in [-0.15, -0.1) is 0 Å². The first-order valence-electron chi connectivity index (χ1n) is 3.67. The van der Waals surface area contributed by atoms with Crippen LogP contribution in [-0.2, 0) is 14.3 Å². The van der Waals surface area contributed by atoms with Crippen LogP contribution in [0.3, 0.4) is 0 Å². The minimum absolute atomic E-state index is 0.0615. The molecule has 0 spiro atoms. The van der Waals surface area contributed by atoms with Gasteiger partial charge in [-0.1, -0.05) is 6.08 Å². The number of hydrogen-bond donors (Lipinski definition) is 1. The number of carbonyl (C=O) groups is 2. The van der Waals surface area contributed by atoms with Crippen LogP contribution in [0.1, 0.15) is 13.3 Å². The quantitative estimate of drug-likeness (QED) is 0.486. The smallest absolute Gasteiger partial charge is 0.330 e. The van der Waals surface area contributed by atoms with E-state index in [0.29, 0.717) is 13.0 Å². The van der Waals surface area contributed by atoms with Gasteiger partial charge in [-0.05, 0) is 6.92 Å². The minimum atomic E-state index is -0.950. The molecule has 1 fully saturated rings. The average Bonchev–Trinajstić information content (AvgIpc) is 2.35. The van der Waals surface area contributed by atoms with Crippen molar-refractivity contribution in [3.63, 3.8) is 0 Å². The van der Waals surface area contributed by atoms with E-state index in [0.717, 1.165) is 0 Å². The summed E-state index contributed by atoms with van der Waals surface area (Å²) in [6, 6.07) is 0. The van der Waals surface area contributed by atoms with Crippen LogP contribution in [0.5, 0.6) is 0 Å². The van der Waals surface area contributed by atoms with Crippen molar-refractivity contribution < 1.29 is 19.4 Å². The number of carboxylic acids is 1. The van der Waals surface area contributed by atoms with Crippen LogP contribution < -0.4 is 0 Å². The van der Waals surface area contributed by atoms with Crippen LogP contribution in [0.15, 0.2) is 11.6 Å². The Kier molecular flexibility index (Phi) is 2.47. The fraction of sp³-hybridized carbons (Fsp3) is 0.500.